The number of piperidine rings is 1. The highest BCUT2D eigenvalue weighted by Crippen LogP contribution is 2.17. The van der Waals surface area contributed by atoms with Crippen molar-refractivity contribution in [2.75, 3.05) is 32.7 Å². The summed E-state index contributed by atoms with van der Waals surface area (Å²) in [6.07, 6.45) is 3.82. The second-order valence-electron chi connectivity index (χ2n) is 7.28. The number of carbonyl (C=O) groups excluding carboxylic acids is 3. The first-order valence-corrected chi connectivity index (χ1v) is 9.74. The van der Waals surface area contributed by atoms with Gasteiger partial charge >= 0.3 is 0 Å². The van der Waals surface area contributed by atoms with Gasteiger partial charge in [0, 0.05) is 31.6 Å². The number of nitrogens with zero attached hydrogens (tertiary/aromatic N) is 1. The molecule has 2 heterocycles. The van der Waals surface area contributed by atoms with Gasteiger partial charge in [-0.25, -0.2) is 0 Å². The Morgan fingerprint density at radius 1 is 1.11 bits per heavy atom. The molecule has 146 valence electrons. The zero-order valence-electron chi connectivity index (χ0n) is 15.6. The van der Waals surface area contributed by atoms with E-state index in [1.165, 1.54) is 0 Å². The minimum Gasteiger partial charge on any atom is -0.353 e. The molecule has 0 unspecified atom stereocenters. The van der Waals surface area contributed by atoms with Crippen molar-refractivity contribution in [3.8, 4) is 0 Å². The van der Waals surface area contributed by atoms with Crippen molar-refractivity contribution < 1.29 is 14.4 Å². The molecule has 27 heavy (non-hydrogen) atoms. The summed E-state index contributed by atoms with van der Waals surface area (Å²) in [5.74, 6) is 0.466. The second-order valence-corrected chi connectivity index (χ2v) is 7.28. The van der Waals surface area contributed by atoms with Crippen LogP contribution in [0.3, 0.4) is 0 Å². The zero-order valence-corrected chi connectivity index (χ0v) is 15.6. The maximum atomic E-state index is 12.4. The molecule has 0 saturated carbocycles. The minimum atomic E-state index is -0.137. The summed E-state index contributed by atoms with van der Waals surface area (Å²) in [4.78, 5) is 37.4. The van der Waals surface area contributed by atoms with Gasteiger partial charge < -0.3 is 20.9 Å². The topological polar surface area (TPSA) is 90.5 Å². The van der Waals surface area contributed by atoms with Gasteiger partial charge in [-0.15, -0.1) is 0 Å². The second kappa shape index (κ2) is 9.50. The Labute approximate surface area is 159 Å². The van der Waals surface area contributed by atoms with Gasteiger partial charge in [-0.05, 0) is 56.0 Å². The number of hydrogen-bond donors (Lipinski definition) is 3. The molecule has 2 aliphatic heterocycles. The highest BCUT2D eigenvalue weighted by Gasteiger charge is 2.22. The summed E-state index contributed by atoms with van der Waals surface area (Å²) in [5, 5.41) is 9.00. The average molecular weight is 372 g/mol. The molecule has 2 fully saturated rings. The van der Waals surface area contributed by atoms with Gasteiger partial charge in [0.25, 0.3) is 5.91 Å². The summed E-state index contributed by atoms with van der Waals surface area (Å²) >= 11 is 0. The average Bonchev–Trinajstić information content (AvgIpc) is 2.71. The molecule has 0 bridgehead atoms. The minimum absolute atomic E-state index is 0.0769. The quantitative estimate of drug-likeness (QED) is 0.684. The van der Waals surface area contributed by atoms with Crippen LogP contribution in [0.25, 0.3) is 0 Å². The normalized spacial score (nSPS) is 18.1. The van der Waals surface area contributed by atoms with Crippen molar-refractivity contribution in [1.82, 2.24) is 20.9 Å². The number of piperazine rings is 1. The van der Waals surface area contributed by atoms with Crippen molar-refractivity contribution in [1.29, 1.82) is 0 Å². The Kier molecular flexibility index (Phi) is 6.81. The molecule has 3 N–H and O–H groups in total. The first-order valence-electron chi connectivity index (χ1n) is 9.74. The Hall–Kier alpha value is -2.41. The molecule has 0 spiro atoms. The number of rotatable bonds is 6. The molecule has 2 aliphatic rings. The SMILES string of the molecule is O=C(CCC1CCNCC1)NCc1ccc(C(=O)N2CCNC(=O)C2)cc1. The van der Waals surface area contributed by atoms with Crippen LogP contribution >= 0.6 is 0 Å². The van der Waals surface area contributed by atoms with Gasteiger partial charge in [-0.2, -0.15) is 0 Å². The lowest BCUT2D eigenvalue weighted by Crippen LogP contribution is -2.49. The molecule has 0 aromatic heterocycles. The number of carbonyl (C=O) groups is 3. The lowest BCUT2D eigenvalue weighted by atomic mass is 9.93. The van der Waals surface area contributed by atoms with Crippen LogP contribution in [0.4, 0.5) is 0 Å². The molecule has 1 aromatic rings. The maximum absolute atomic E-state index is 12.4. The van der Waals surface area contributed by atoms with Crippen molar-refractivity contribution in [3.05, 3.63) is 35.4 Å². The van der Waals surface area contributed by atoms with Gasteiger partial charge in [-0.3, -0.25) is 14.4 Å². The van der Waals surface area contributed by atoms with E-state index >= 15 is 0 Å². The van der Waals surface area contributed by atoms with Crippen LogP contribution in [-0.4, -0.2) is 55.3 Å². The Bertz CT molecular complexity index is 668. The molecule has 7 nitrogen and oxygen atoms in total. The van der Waals surface area contributed by atoms with Gasteiger partial charge in [0.05, 0.1) is 6.54 Å². The van der Waals surface area contributed by atoms with Crippen LogP contribution < -0.4 is 16.0 Å². The molecular weight excluding hydrogens is 344 g/mol. The molecule has 7 heteroatoms. The highest BCUT2D eigenvalue weighted by atomic mass is 16.2. The van der Waals surface area contributed by atoms with Crippen LogP contribution in [-0.2, 0) is 16.1 Å². The summed E-state index contributed by atoms with van der Waals surface area (Å²) < 4.78 is 0. The van der Waals surface area contributed by atoms with Crippen LogP contribution in [0, 0.1) is 5.92 Å². The van der Waals surface area contributed by atoms with E-state index < -0.39 is 0 Å². The van der Waals surface area contributed by atoms with Crippen molar-refractivity contribution in [2.24, 2.45) is 5.92 Å². The van der Waals surface area contributed by atoms with Crippen LogP contribution in [0.15, 0.2) is 24.3 Å². The summed E-state index contributed by atoms with van der Waals surface area (Å²) in [5.41, 5.74) is 1.52. The van der Waals surface area contributed by atoms with E-state index in [1.54, 1.807) is 17.0 Å². The molecule has 0 atom stereocenters. The van der Waals surface area contributed by atoms with E-state index in [9.17, 15) is 14.4 Å². The van der Waals surface area contributed by atoms with Gasteiger partial charge in [0.1, 0.15) is 0 Å². The smallest absolute Gasteiger partial charge is 0.254 e. The fourth-order valence-electron chi connectivity index (χ4n) is 3.55. The van der Waals surface area contributed by atoms with E-state index in [1.807, 2.05) is 12.1 Å². The van der Waals surface area contributed by atoms with Gasteiger partial charge in [-0.1, -0.05) is 12.1 Å². The maximum Gasteiger partial charge on any atom is 0.254 e. The van der Waals surface area contributed by atoms with Crippen LogP contribution in [0.1, 0.15) is 41.6 Å². The van der Waals surface area contributed by atoms with E-state index in [0.29, 0.717) is 37.5 Å². The summed E-state index contributed by atoms with van der Waals surface area (Å²) in [6.45, 7) is 3.70. The predicted octanol–water partition coefficient (Wildman–Crippen LogP) is 0.655. The van der Waals surface area contributed by atoms with Gasteiger partial charge in [0.2, 0.25) is 11.8 Å². The third-order valence-corrected chi connectivity index (χ3v) is 5.25. The zero-order chi connectivity index (χ0) is 19.1. The fraction of sp³-hybridized carbons (Fsp3) is 0.550. The highest BCUT2D eigenvalue weighted by molar-refractivity contribution is 5.97. The predicted molar refractivity (Wildman–Crippen MR) is 102 cm³/mol. The van der Waals surface area contributed by atoms with E-state index in [-0.39, 0.29) is 24.3 Å². The Morgan fingerprint density at radius 2 is 1.85 bits per heavy atom. The van der Waals surface area contributed by atoms with Crippen LogP contribution in [0.5, 0.6) is 0 Å². The largest absolute Gasteiger partial charge is 0.353 e. The molecule has 2 saturated heterocycles. The fourth-order valence-corrected chi connectivity index (χ4v) is 3.55. The lowest BCUT2D eigenvalue weighted by molar-refractivity contribution is -0.123. The molecule has 3 rings (SSSR count). The molecular formula is C20H28N4O3. The molecule has 1 aromatic carbocycles. The molecule has 3 amide bonds. The van der Waals surface area contributed by atoms with Gasteiger partial charge in [0.15, 0.2) is 0 Å². The Morgan fingerprint density at radius 3 is 2.56 bits per heavy atom. The monoisotopic (exact) mass is 372 g/mol. The lowest BCUT2D eigenvalue weighted by Gasteiger charge is -2.26. The van der Waals surface area contributed by atoms with Crippen molar-refractivity contribution in [3.63, 3.8) is 0 Å². The third kappa shape index (κ3) is 5.79. The molecule has 0 aliphatic carbocycles. The van der Waals surface area contributed by atoms with E-state index in [0.717, 1.165) is 37.9 Å². The van der Waals surface area contributed by atoms with Crippen molar-refractivity contribution in [2.45, 2.75) is 32.2 Å². The number of amides is 3. The number of nitrogens with one attached hydrogen (secondary N) is 3. The van der Waals surface area contributed by atoms with Crippen molar-refractivity contribution >= 4 is 17.7 Å². The van der Waals surface area contributed by atoms with Crippen LogP contribution in [0.2, 0.25) is 0 Å². The first kappa shape index (κ1) is 19.4. The summed E-state index contributed by atoms with van der Waals surface area (Å²) in [7, 11) is 0. The standard InChI is InChI=1S/C20H28N4O3/c25-18(6-3-15-7-9-21-10-8-15)23-13-16-1-4-17(5-2-16)20(27)24-12-11-22-19(26)14-24/h1-2,4-5,15,21H,3,6-14H2,(H,22,26)(H,23,25). The van der Waals surface area contributed by atoms with E-state index in [2.05, 4.69) is 16.0 Å². The number of benzene rings is 1. The third-order valence-electron chi connectivity index (χ3n) is 5.25. The Balaban J connectivity index is 1.42. The molecule has 0 radical (unpaired) electrons. The van der Waals surface area contributed by atoms with E-state index in [4.69, 9.17) is 0 Å². The number of hydrogen-bond acceptors (Lipinski definition) is 4. The summed E-state index contributed by atoms with van der Waals surface area (Å²) in [6, 6.07) is 7.21. The first-order chi connectivity index (χ1) is 13.1.